The molecule has 0 fully saturated rings. The highest BCUT2D eigenvalue weighted by atomic mass is 16.2. The lowest BCUT2D eigenvalue weighted by Gasteiger charge is -2.36. The van der Waals surface area contributed by atoms with Gasteiger partial charge in [-0.2, -0.15) is 0 Å². The molecule has 1 aromatic heterocycles. The second-order valence-corrected chi connectivity index (χ2v) is 7.94. The molecule has 2 heterocycles. The van der Waals surface area contributed by atoms with Crippen LogP contribution in [0.2, 0.25) is 0 Å². The summed E-state index contributed by atoms with van der Waals surface area (Å²) >= 11 is 0. The number of H-pyrrole nitrogens is 1. The Hall–Kier alpha value is -3.33. The first-order valence-electron chi connectivity index (χ1n) is 10.2. The number of para-hydroxylation sites is 1. The lowest BCUT2D eigenvalue weighted by Crippen LogP contribution is -2.40. The summed E-state index contributed by atoms with van der Waals surface area (Å²) in [4.78, 5) is 19.3. The van der Waals surface area contributed by atoms with E-state index in [0.717, 1.165) is 34.3 Å². The molecule has 0 spiro atoms. The van der Waals surface area contributed by atoms with Gasteiger partial charge in [0.2, 0.25) is 0 Å². The van der Waals surface area contributed by atoms with E-state index in [1.807, 2.05) is 36.1 Å². The van der Waals surface area contributed by atoms with Crippen molar-refractivity contribution in [1.82, 2.24) is 9.88 Å². The zero-order valence-corrected chi connectivity index (χ0v) is 16.8. The van der Waals surface area contributed by atoms with Crippen molar-refractivity contribution < 1.29 is 4.79 Å². The minimum atomic E-state index is -0.113. The Kier molecular flexibility index (Phi) is 4.24. The molecule has 144 valence electrons. The van der Waals surface area contributed by atoms with Crippen LogP contribution >= 0.6 is 0 Å². The number of nitrogens with one attached hydrogen (secondary N) is 1. The molecule has 0 unspecified atom stereocenters. The van der Waals surface area contributed by atoms with Gasteiger partial charge in [-0.05, 0) is 49.1 Å². The van der Waals surface area contributed by atoms with Gasteiger partial charge in [-0.3, -0.25) is 4.79 Å². The highest BCUT2D eigenvalue weighted by molar-refractivity contribution is 5.97. The highest BCUT2D eigenvalue weighted by Gasteiger charge is 2.35. The molecule has 3 nitrogen and oxygen atoms in total. The fourth-order valence-corrected chi connectivity index (χ4v) is 4.61. The van der Waals surface area contributed by atoms with Crippen molar-refractivity contribution in [3.05, 3.63) is 106 Å². The fraction of sp³-hybridized carbons (Fsp3) is 0.192. The number of aromatic amines is 1. The monoisotopic (exact) mass is 380 g/mol. The molecular formula is C26H24N2O. The van der Waals surface area contributed by atoms with Crippen molar-refractivity contribution in [2.75, 3.05) is 6.54 Å². The zero-order chi connectivity index (χ0) is 20.0. The molecule has 3 aromatic carbocycles. The fourth-order valence-electron chi connectivity index (χ4n) is 4.61. The molecule has 1 aliphatic rings. The summed E-state index contributed by atoms with van der Waals surface area (Å²) in [6, 6.07) is 24.7. The smallest absolute Gasteiger partial charge is 0.254 e. The van der Waals surface area contributed by atoms with E-state index in [1.165, 1.54) is 16.5 Å². The first-order valence-corrected chi connectivity index (χ1v) is 10.2. The third-order valence-corrected chi connectivity index (χ3v) is 6.03. The van der Waals surface area contributed by atoms with E-state index in [9.17, 15) is 4.79 Å². The first-order chi connectivity index (χ1) is 14.1. The lowest BCUT2D eigenvalue weighted by molar-refractivity contribution is 0.0691. The minimum absolute atomic E-state index is 0.0962. The van der Waals surface area contributed by atoms with Crippen molar-refractivity contribution in [2.45, 2.75) is 26.3 Å². The molecule has 29 heavy (non-hydrogen) atoms. The zero-order valence-electron chi connectivity index (χ0n) is 16.8. The van der Waals surface area contributed by atoms with Crippen molar-refractivity contribution in [2.24, 2.45) is 0 Å². The Labute approximate surface area is 171 Å². The van der Waals surface area contributed by atoms with Crippen LogP contribution in [0.25, 0.3) is 10.9 Å². The molecular weight excluding hydrogens is 356 g/mol. The second-order valence-electron chi connectivity index (χ2n) is 7.94. The standard InChI is InChI=1S/C26H24N2O/c1-17-8-7-10-19(16-17)25-24-22(21-12-5-6-13-23(21)27-24)14-15-28(25)26(29)20-11-4-3-9-18(20)2/h3-13,16,25,27H,14-15H2,1-2H3/t25-/m0/s1. The lowest BCUT2D eigenvalue weighted by atomic mass is 9.91. The summed E-state index contributed by atoms with van der Waals surface area (Å²) in [6.45, 7) is 4.82. The largest absolute Gasteiger partial charge is 0.356 e. The number of fused-ring (bicyclic) bond motifs is 3. The van der Waals surface area contributed by atoms with Crippen molar-refractivity contribution in [1.29, 1.82) is 0 Å². The summed E-state index contributed by atoms with van der Waals surface area (Å²) < 4.78 is 0. The Morgan fingerprint density at radius 3 is 2.59 bits per heavy atom. The number of aromatic nitrogens is 1. The van der Waals surface area contributed by atoms with Crippen LogP contribution in [-0.2, 0) is 6.42 Å². The number of hydrogen-bond acceptors (Lipinski definition) is 1. The number of hydrogen-bond donors (Lipinski definition) is 1. The van der Waals surface area contributed by atoms with Gasteiger partial charge in [0.1, 0.15) is 0 Å². The van der Waals surface area contributed by atoms with Gasteiger partial charge in [-0.15, -0.1) is 0 Å². The van der Waals surface area contributed by atoms with Gasteiger partial charge in [0.25, 0.3) is 5.91 Å². The SMILES string of the molecule is Cc1cccc([C@H]2c3[nH]c4ccccc4c3CCN2C(=O)c2ccccc2C)c1. The van der Waals surface area contributed by atoms with E-state index in [2.05, 4.69) is 60.4 Å². The Balaban J connectivity index is 1.69. The molecule has 3 heteroatoms. The molecule has 1 amide bonds. The third-order valence-electron chi connectivity index (χ3n) is 6.03. The molecule has 1 atom stereocenters. The van der Waals surface area contributed by atoms with Crippen LogP contribution in [0.5, 0.6) is 0 Å². The number of benzene rings is 3. The summed E-state index contributed by atoms with van der Waals surface area (Å²) in [5.41, 5.74) is 7.77. The minimum Gasteiger partial charge on any atom is -0.356 e. The first kappa shape index (κ1) is 17.7. The molecule has 5 rings (SSSR count). The van der Waals surface area contributed by atoms with Crippen molar-refractivity contribution >= 4 is 16.8 Å². The van der Waals surface area contributed by atoms with Crippen LogP contribution in [0.1, 0.15) is 44.3 Å². The van der Waals surface area contributed by atoms with Gasteiger partial charge in [0.15, 0.2) is 0 Å². The number of amides is 1. The summed E-state index contributed by atoms with van der Waals surface area (Å²) in [7, 11) is 0. The van der Waals surface area contributed by atoms with E-state index in [0.29, 0.717) is 6.54 Å². The predicted molar refractivity (Wildman–Crippen MR) is 117 cm³/mol. The molecule has 4 aromatic rings. The Morgan fingerprint density at radius 1 is 0.966 bits per heavy atom. The van der Waals surface area contributed by atoms with Crippen molar-refractivity contribution in [3.8, 4) is 0 Å². The predicted octanol–water partition coefficient (Wildman–Crippen LogP) is 5.57. The molecule has 0 bridgehead atoms. The molecule has 0 radical (unpaired) electrons. The van der Waals surface area contributed by atoms with Gasteiger partial charge < -0.3 is 9.88 Å². The molecule has 0 saturated carbocycles. The average molecular weight is 380 g/mol. The van der Waals surface area contributed by atoms with Gasteiger partial charge in [0, 0.05) is 28.7 Å². The van der Waals surface area contributed by atoms with E-state index in [1.54, 1.807) is 0 Å². The molecule has 0 aliphatic carbocycles. The van der Waals surface area contributed by atoms with Gasteiger partial charge in [0.05, 0.1) is 6.04 Å². The quantitative estimate of drug-likeness (QED) is 0.485. The van der Waals surface area contributed by atoms with Crippen molar-refractivity contribution in [3.63, 3.8) is 0 Å². The van der Waals surface area contributed by atoms with E-state index >= 15 is 0 Å². The number of nitrogens with zero attached hydrogens (tertiary/aromatic N) is 1. The maximum atomic E-state index is 13.6. The van der Waals surface area contributed by atoms with Gasteiger partial charge in [-0.25, -0.2) is 0 Å². The topological polar surface area (TPSA) is 36.1 Å². The summed E-state index contributed by atoms with van der Waals surface area (Å²) in [5.74, 6) is 0.0962. The van der Waals surface area contributed by atoms with Crippen LogP contribution in [0.15, 0.2) is 72.8 Å². The molecule has 0 saturated heterocycles. The number of carbonyl (C=O) groups is 1. The normalized spacial score (nSPS) is 16.1. The third kappa shape index (κ3) is 2.94. The second kappa shape index (κ2) is 6.93. The number of rotatable bonds is 2. The highest BCUT2D eigenvalue weighted by Crippen LogP contribution is 2.39. The summed E-state index contributed by atoms with van der Waals surface area (Å²) in [5, 5.41) is 1.27. The Morgan fingerprint density at radius 2 is 1.76 bits per heavy atom. The average Bonchev–Trinajstić information content (AvgIpc) is 3.11. The van der Waals surface area contributed by atoms with Crippen LogP contribution in [-0.4, -0.2) is 22.3 Å². The van der Waals surface area contributed by atoms with E-state index in [4.69, 9.17) is 0 Å². The van der Waals surface area contributed by atoms with E-state index in [-0.39, 0.29) is 11.9 Å². The number of aryl methyl sites for hydroxylation is 2. The van der Waals surface area contributed by atoms with Crippen LogP contribution in [0, 0.1) is 13.8 Å². The van der Waals surface area contributed by atoms with Crippen LogP contribution in [0.4, 0.5) is 0 Å². The summed E-state index contributed by atoms with van der Waals surface area (Å²) in [6.07, 6.45) is 0.860. The maximum Gasteiger partial charge on any atom is 0.254 e. The van der Waals surface area contributed by atoms with Crippen LogP contribution in [0.3, 0.4) is 0 Å². The number of carbonyl (C=O) groups excluding carboxylic acids is 1. The van der Waals surface area contributed by atoms with Gasteiger partial charge in [-0.1, -0.05) is 66.2 Å². The molecule has 1 N–H and O–H groups in total. The Bertz CT molecular complexity index is 1220. The maximum absolute atomic E-state index is 13.6. The van der Waals surface area contributed by atoms with E-state index < -0.39 is 0 Å². The van der Waals surface area contributed by atoms with Gasteiger partial charge >= 0.3 is 0 Å². The molecule has 1 aliphatic heterocycles. The van der Waals surface area contributed by atoms with Crippen LogP contribution < -0.4 is 0 Å².